The summed E-state index contributed by atoms with van der Waals surface area (Å²) in [5.41, 5.74) is 1.94. The van der Waals surface area contributed by atoms with Gasteiger partial charge in [-0.1, -0.05) is 79.4 Å². The molecule has 2 unspecified atom stereocenters. The van der Waals surface area contributed by atoms with E-state index in [1.165, 1.54) is 6.08 Å². The van der Waals surface area contributed by atoms with Crippen molar-refractivity contribution in [3.8, 4) is 0 Å². The van der Waals surface area contributed by atoms with Gasteiger partial charge in [-0.3, -0.25) is 0 Å². The number of ether oxygens (including phenoxy) is 6. The summed E-state index contributed by atoms with van der Waals surface area (Å²) in [5, 5.41) is 0.630. The number of benzene rings is 2. The van der Waals surface area contributed by atoms with Crippen LogP contribution in [0.4, 0.5) is 9.59 Å². The van der Waals surface area contributed by atoms with Gasteiger partial charge in [-0.2, -0.15) is 23.5 Å². The van der Waals surface area contributed by atoms with Crippen molar-refractivity contribution in [2.24, 2.45) is 0 Å². The fourth-order valence-electron chi connectivity index (χ4n) is 5.11. The van der Waals surface area contributed by atoms with Gasteiger partial charge in [0.2, 0.25) is 0 Å². The molecule has 0 radical (unpaired) electrons. The van der Waals surface area contributed by atoms with Gasteiger partial charge in [-0.05, 0) is 36.8 Å². The SMILES string of the molecule is C=CC(=O)OCc1ccccc1.C=CCC[C@@H]1SCC2OC(=O)O[C@@H]21.O=C(/C=C/CC[C@@H]1SCC2OC(=O)O[C@@H]21)OCc1ccccc1. The monoisotopic (exact) mass is 696 g/mol. The molecule has 4 aliphatic rings. The minimum atomic E-state index is -0.565. The fourth-order valence-corrected chi connectivity index (χ4v) is 7.94. The van der Waals surface area contributed by atoms with Gasteiger partial charge in [0.05, 0.1) is 0 Å². The third-order valence-electron chi connectivity index (χ3n) is 7.52. The fraction of sp³-hybridized carbons (Fsp3) is 0.389. The van der Waals surface area contributed by atoms with Gasteiger partial charge in [0, 0.05) is 34.2 Å². The number of carbonyl (C=O) groups is 4. The van der Waals surface area contributed by atoms with Crippen LogP contribution in [0.2, 0.25) is 0 Å². The van der Waals surface area contributed by atoms with Crippen molar-refractivity contribution in [2.75, 3.05) is 11.5 Å². The van der Waals surface area contributed by atoms with Crippen molar-refractivity contribution in [3.63, 3.8) is 0 Å². The number of allylic oxidation sites excluding steroid dienone is 2. The van der Waals surface area contributed by atoms with Crippen molar-refractivity contribution in [1.29, 1.82) is 0 Å². The number of rotatable bonds is 12. The average Bonchev–Trinajstić information content (AvgIpc) is 3.87. The Bertz CT molecular complexity index is 1400. The van der Waals surface area contributed by atoms with E-state index < -0.39 is 12.3 Å². The van der Waals surface area contributed by atoms with Gasteiger partial charge in [-0.25, -0.2) is 19.2 Å². The van der Waals surface area contributed by atoms with Crippen LogP contribution < -0.4 is 0 Å². The molecule has 0 aliphatic carbocycles. The second kappa shape index (κ2) is 19.6. The first kappa shape index (κ1) is 36.7. The zero-order valence-corrected chi connectivity index (χ0v) is 28.2. The van der Waals surface area contributed by atoms with Crippen LogP contribution in [0.25, 0.3) is 0 Å². The molecule has 4 saturated heterocycles. The smallest absolute Gasteiger partial charge is 0.458 e. The second-order valence-corrected chi connectivity index (χ2v) is 13.5. The molecule has 2 aromatic carbocycles. The Balaban J connectivity index is 0.000000177. The number of esters is 2. The van der Waals surface area contributed by atoms with E-state index in [1.807, 2.05) is 78.5 Å². The Hall–Kier alpha value is -4.16. The molecule has 6 rings (SSSR count). The summed E-state index contributed by atoms with van der Waals surface area (Å²) in [5.74, 6) is 0.919. The first-order valence-electron chi connectivity index (χ1n) is 15.6. The van der Waals surface area contributed by atoms with Crippen LogP contribution >= 0.6 is 23.5 Å². The molecular weight excluding hydrogens is 657 g/mol. The van der Waals surface area contributed by atoms with Crippen LogP contribution in [-0.2, 0) is 51.2 Å². The molecule has 0 aromatic heterocycles. The van der Waals surface area contributed by atoms with Crippen LogP contribution in [0.5, 0.6) is 0 Å². The number of hydrogen-bond acceptors (Lipinski definition) is 12. The Morgan fingerprint density at radius 2 is 1.19 bits per heavy atom. The summed E-state index contributed by atoms with van der Waals surface area (Å²) in [7, 11) is 0. The summed E-state index contributed by atoms with van der Waals surface area (Å²) in [6.07, 6.45) is 8.52. The molecule has 4 heterocycles. The molecule has 6 atom stereocenters. The largest absolute Gasteiger partial charge is 0.509 e. The van der Waals surface area contributed by atoms with Gasteiger partial charge >= 0.3 is 24.2 Å². The van der Waals surface area contributed by atoms with Crippen LogP contribution in [0.3, 0.4) is 0 Å². The Labute approximate surface area is 289 Å². The van der Waals surface area contributed by atoms with Crippen molar-refractivity contribution < 1.29 is 47.6 Å². The Morgan fingerprint density at radius 3 is 1.67 bits per heavy atom. The van der Waals surface area contributed by atoms with Gasteiger partial charge in [0.15, 0.2) is 24.4 Å². The molecule has 12 heteroatoms. The first-order chi connectivity index (χ1) is 23.4. The molecule has 0 N–H and O–H groups in total. The number of thioether (sulfide) groups is 2. The van der Waals surface area contributed by atoms with Crippen LogP contribution in [0.1, 0.15) is 36.8 Å². The van der Waals surface area contributed by atoms with E-state index in [0.717, 1.165) is 54.4 Å². The molecule has 4 fully saturated rings. The molecule has 0 bridgehead atoms. The number of fused-ring (bicyclic) bond motifs is 2. The van der Waals surface area contributed by atoms with E-state index in [2.05, 4.69) is 13.2 Å². The predicted octanol–water partition coefficient (Wildman–Crippen LogP) is 6.97. The lowest BCUT2D eigenvalue weighted by molar-refractivity contribution is -0.139. The first-order valence-corrected chi connectivity index (χ1v) is 17.7. The van der Waals surface area contributed by atoms with Gasteiger partial charge in [0.1, 0.15) is 13.2 Å². The van der Waals surface area contributed by atoms with Crippen molar-refractivity contribution in [2.45, 2.75) is 73.8 Å². The summed E-state index contributed by atoms with van der Waals surface area (Å²) < 4.78 is 30.3. The zero-order chi connectivity index (χ0) is 34.1. The highest BCUT2D eigenvalue weighted by molar-refractivity contribution is 8.00. The highest BCUT2D eigenvalue weighted by atomic mass is 32.2. The average molecular weight is 697 g/mol. The molecular formula is C36H40O10S2. The maximum Gasteiger partial charge on any atom is 0.509 e. The Kier molecular flexibility index (Phi) is 15.0. The number of carbonyl (C=O) groups excluding carboxylic acids is 4. The van der Waals surface area contributed by atoms with Crippen LogP contribution in [0.15, 0.2) is 98.1 Å². The summed E-state index contributed by atoms with van der Waals surface area (Å²) in [6.45, 7) is 7.56. The van der Waals surface area contributed by atoms with E-state index in [4.69, 9.17) is 28.4 Å². The lowest BCUT2D eigenvalue weighted by Crippen LogP contribution is -2.26. The summed E-state index contributed by atoms with van der Waals surface area (Å²) in [6, 6.07) is 19.1. The number of hydrogen-bond donors (Lipinski definition) is 0. The standard InChI is InChI=1S/C17H18O5S.C10H10O2.C9H12O3S/c18-15(20-10-12-6-2-1-3-7-12)9-5-4-8-14-16-13(11-23-14)21-17(19)22-16;1-2-10(11)12-8-9-6-4-3-5-7-9;1-2-3-4-7-8-6(5-13-7)11-9(10)12-8/h1-3,5-7,9,13-14,16H,4,8,10-11H2;2-7H,1,8H2;2,6-8H,1,3-5H2/b9-5+;;/t13?,14-,16-;;6?,7-,8-/m0.0/s1. The topological polar surface area (TPSA) is 124 Å². The molecule has 48 heavy (non-hydrogen) atoms. The molecule has 0 spiro atoms. The van der Waals surface area contributed by atoms with Crippen molar-refractivity contribution in [3.05, 3.63) is 109 Å². The highest BCUT2D eigenvalue weighted by Crippen LogP contribution is 2.39. The second-order valence-electron chi connectivity index (χ2n) is 11.0. The highest BCUT2D eigenvalue weighted by Gasteiger charge is 2.47. The summed E-state index contributed by atoms with van der Waals surface area (Å²) in [4.78, 5) is 44.2. The normalized spacial score (nSPS) is 24.6. The minimum absolute atomic E-state index is 0.00712. The maximum absolute atomic E-state index is 11.6. The van der Waals surface area contributed by atoms with E-state index in [1.54, 1.807) is 17.8 Å². The lowest BCUT2D eigenvalue weighted by atomic mass is 10.1. The Morgan fingerprint density at radius 1 is 0.708 bits per heavy atom. The lowest BCUT2D eigenvalue weighted by Gasteiger charge is -2.12. The minimum Gasteiger partial charge on any atom is -0.458 e. The molecule has 4 aliphatic heterocycles. The summed E-state index contributed by atoms with van der Waals surface area (Å²) >= 11 is 3.58. The van der Waals surface area contributed by atoms with Gasteiger partial charge < -0.3 is 28.4 Å². The predicted molar refractivity (Wildman–Crippen MR) is 183 cm³/mol. The zero-order valence-electron chi connectivity index (χ0n) is 26.5. The molecule has 10 nitrogen and oxygen atoms in total. The molecule has 256 valence electrons. The van der Waals surface area contributed by atoms with E-state index >= 15 is 0 Å². The van der Waals surface area contributed by atoms with Gasteiger partial charge in [-0.15, -0.1) is 6.58 Å². The third-order valence-corrected chi connectivity index (χ3v) is 10.4. The van der Waals surface area contributed by atoms with Crippen LogP contribution in [0, 0.1) is 0 Å². The maximum atomic E-state index is 11.6. The third kappa shape index (κ3) is 11.8. The van der Waals surface area contributed by atoms with E-state index in [0.29, 0.717) is 11.9 Å². The van der Waals surface area contributed by atoms with Crippen molar-refractivity contribution in [1.82, 2.24) is 0 Å². The van der Waals surface area contributed by atoms with E-state index in [9.17, 15) is 19.2 Å². The molecule has 0 saturated carbocycles. The van der Waals surface area contributed by atoms with Gasteiger partial charge in [0.25, 0.3) is 0 Å². The van der Waals surface area contributed by atoms with E-state index in [-0.39, 0.29) is 48.2 Å². The van der Waals surface area contributed by atoms with Crippen LogP contribution in [-0.4, -0.2) is 70.7 Å². The molecule has 0 amide bonds. The molecule has 2 aromatic rings. The quantitative estimate of drug-likeness (QED) is 0.0985. The van der Waals surface area contributed by atoms with Crippen molar-refractivity contribution >= 4 is 47.8 Å².